The molecule has 1 aromatic rings. The summed E-state index contributed by atoms with van der Waals surface area (Å²) in [6.07, 6.45) is 2.89. The van der Waals surface area contributed by atoms with Gasteiger partial charge in [-0.3, -0.25) is 0 Å². The van der Waals surface area contributed by atoms with Crippen molar-refractivity contribution >= 4 is 21.4 Å². The van der Waals surface area contributed by atoms with E-state index in [1.54, 1.807) is 6.20 Å². The SMILES string of the molecule is O=S1(=O)CCC(Oc2cnsc2)CC1. The predicted octanol–water partition coefficient (Wildman–Crippen LogP) is 1.10. The van der Waals surface area contributed by atoms with Crippen molar-refractivity contribution in [3.05, 3.63) is 11.6 Å². The van der Waals surface area contributed by atoms with Gasteiger partial charge >= 0.3 is 0 Å². The first kappa shape index (κ1) is 9.92. The van der Waals surface area contributed by atoms with Crippen LogP contribution in [0.15, 0.2) is 11.6 Å². The van der Waals surface area contributed by atoms with E-state index in [0.29, 0.717) is 12.8 Å². The van der Waals surface area contributed by atoms with Gasteiger partial charge in [-0.1, -0.05) is 0 Å². The second kappa shape index (κ2) is 3.86. The quantitative estimate of drug-likeness (QED) is 0.767. The summed E-state index contributed by atoms with van der Waals surface area (Å²) >= 11 is 1.33. The fraction of sp³-hybridized carbons (Fsp3) is 0.625. The Labute approximate surface area is 87.0 Å². The zero-order chi connectivity index (χ0) is 10.0. The highest BCUT2D eigenvalue weighted by molar-refractivity contribution is 7.91. The summed E-state index contributed by atoms with van der Waals surface area (Å²) in [7, 11) is -2.79. The summed E-state index contributed by atoms with van der Waals surface area (Å²) in [5.74, 6) is 1.24. The molecular formula is C8H11NO3S2. The topological polar surface area (TPSA) is 56.3 Å². The van der Waals surface area contributed by atoms with Crippen LogP contribution in [0.1, 0.15) is 12.8 Å². The molecule has 0 unspecified atom stereocenters. The van der Waals surface area contributed by atoms with E-state index in [1.807, 2.05) is 5.38 Å². The summed E-state index contributed by atoms with van der Waals surface area (Å²) < 4.78 is 31.8. The Morgan fingerprint density at radius 2 is 2.14 bits per heavy atom. The molecule has 2 heterocycles. The molecule has 1 saturated heterocycles. The summed E-state index contributed by atoms with van der Waals surface area (Å²) in [4.78, 5) is 0. The molecule has 0 N–H and O–H groups in total. The van der Waals surface area contributed by atoms with Crippen molar-refractivity contribution in [2.75, 3.05) is 11.5 Å². The van der Waals surface area contributed by atoms with Crippen molar-refractivity contribution in [2.24, 2.45) is 0 Å². The van der Waals surface area contributed by atoms with Crippen LogP contribution in [0.25, 0.3) is 0 Å². The lowest BCUT2D eigenvalue weighted by atomic mass is 10.2. The summed E-state index contributed by atoms with van der Waals surface area (Å²) in [6.45, 7) is 0. The molecule has 4 nitrogen and oxygen atoms in total. The lowest BCUT2D eigenvalue weighted by Crippen LogP contribution is -2.30. The molecular weight excluding hydrogens is 222 g/mol. The Balaban J connectivity index is 1.91. The first-order chi connectivity index (χ1) is 6.66. The second-order valence-corrected chi connectivity index (χ2v) is 6.29. The molecule has 0 bridgehead atoms. The molecule has 0 spiro atoms. The third kappa shape index (κ3) is 2.45. The van der Waals surface area contributed by atoms with E-state index >= 15 is 0 Å². The largest absolute Gasteiger partial charge is 0.488 e. The molecule has 1 fully saturated rings. The monoisotopic (exact) mass is 233 g/mol. The maximum absolute atomic E-state index is 11.1. The van der Waals surface area contributed by atoms with Crippen molar-refractivity contribution in [1.29, 1.82) is 0 Å². The minimum atomic E-state index is -2.79. The van der Waals surface area contributed by atoms with E-state index in [2.05, 4.69) is 4.37 Å². The van der Waals surface area contributed by atoms with Gasteiger partial charge in [0.2, 0.25) is 0 Å². The molecule has 0 aliphatic carbocycles. The number of hydrogen-bond acceptors (Lipinski definition) is 5. The third-order valence-corrected chi connectivity index (χ3v) is 4.49. The molecule has 1 aromatic heterocycles. The van der Waals surface area contributed by atoms with Gasteiger partial charge in [-0.2, -0.15) is 4.37 Å². The van der Waals surface area contributed by atoms with Crippen LogP contribution in [0, 0.1) is 0 Å². The van der Waals surface area contributed by atoms with E-state index in [4.69, 9.17) is 4.74 Å². The average molecular weight is 233 g/mol. The number of rotatable bonds is 2. The highest BCUT2D eigenvalue weighted by Crippen LogP contribution is 2.20. The lowest BCUT2D eigenvalue weighted by Gasteiger charge is -2.22. The van der Waals surface area contributed by atoms with Crippen LogP contribution < -0.4 is 4.74 Å². The number of sulfone groups is 1. The smallest absolute Gasteiger partial charge is 0.150 e. The Morgan fingerprint density at radius 3 is 2.71 bits per heavy atom. The molecule has 1 aliphatic rings. The van der Waals surface area contributed by atoms with Gasteiger partial charge in [0.15, 0.2) is 9.84 Å². The van der Waals surface area contributed by atoms with Gasteiger partial charge in [-0.25, -0.2) is 8.42 Å². The average Bonchev–Trinajstić information content (AvgIpc) is 2.61. The number of nitrogens with zero attached hydrogens (tertiary/aromatic N) is 1. The van der Waals surface area contributed by atoms with Gasteiger partial charge in [-0.15, -0.1) is 0 Å². The molecule has 0 amide bonds. The maximum Gasteiger partial charge on any atom is 0.150 e. The fourth-order valence-corrected chi connectivity index (χ4v) is 3.33. The molecule has 2 rings (SSSR count). The van der Waals surface area contributed by atoms with Gasteiger partial charge < -0.3 is 4.74 Å². The van der Waals surface area contributed by atoms with Crippen LogP contribution in [-0.2, 0) is 9.84 Å². The van der Waals surface area contributed by atoms with Gasteiger partial charge in [-0.05, 0) is 24.4 Å². The first-order valence-corrected chi connectivity index (χ1v) is 7.08. The van der Waals surface area contributed by atoms with Crippen LogP contribution in [0.5, 0.6) is 5.75 Å². The first-order valence-electron chi connectivity index (χ1n) is 4.42. The second-order valence-electron chi connectivity index (χ2n) is 3.33. The molecule has 0 radical (unpaired) electrons. The van der Waals surface area contributed by atoms with Gasteiger partial charge in [0.05, 0.1) is 23.1 Å². The number of aromatic nitrogens is 1. The summed E-state index contributed by atoms with van der Waals surface area (Å²) in [6, 6.07) is 0. The van der Waals surface area contributed by atoms with Crippen molar-refractivity contribution in [3.63, 3.8) is 0 Å². The highest BCUT2D eigenvalue weighted by Gasteiger charge is 2.24. The minimum Gasteiger partial charge on any atom is -0.488 e. The maximum atomic E-state index is 11.1. The molecule has 6 heteroatoms. The van der Waals surface area contributed by atoms with E-state index in [-0.39, 0.29) is 17.6 Å². The van der Waals surface area contributed by atoms with Crippen molar-refractivity contribution < 1.29 is 13.2 Å². The highest BCUT2D eigenvalue weighted by atomic mass is 32.2. The Kier molecular flexibility index (Phi) is 2.73. The molecule has 1 aliphatic heterocycles. The standard InChI is InChI=1S/C8H11NO3S2/c10-14(11)3-1-7(2-4-14)12-8-5-9-13-6-8/h5-7H,1-4H2. The van der Waals surface area contributed by atoms with E-state index in [9.17, 15) is 8.42 Å². The summed E-state index contributed by atoms with van der Waals surface area (Å²) in [5, 5.41) is 1.82. The Bertz CT molecular complexity index is 371. The number of hydrogen-bond donors (Lipinski definition) is 0. The van der Waals surface area contributed by atoms with Crippen molar-refractivity contribution in [1.82, 2.24) is 4.37 Å². The summed E-state index contributed by atoms with van der Waals surface area (Å²) in [5.41, 5.74) is 0. The van der Waals surface area contributed by atoms with E-state index in [0.717, 1.165) is 5.75 Å². The lowest BCUT2D eigenvalue weighted by molar-refractivity contribution is 0.190. The molecule has 0 saturated carbocycles. The normalized spacial score (nSPS) is 22.0. The van der Waals surface area contributed by atoms with Crippen LogP contribution in [-0.4, -0.2) is 30.4 Å². The number of ether oxygens (including phenoxy) is 1. The molecule has 78 valence electrons. The van der Waals surface area contributed by atoms with E-state index < -0.39 is 9.84 Å². The van der Waals surface area contributed by atoms with Crippen LogP contribution in [0.2, 0.25) is 0 Å². The van der Waals surface area contributed by atoms with Crippen LogP contribution >= 0.6 is 11.5 Å². The molecule has 0 atom stereocenters. The van der Waals surface area contributed by atoms with Crippen LogP contribution in [0.3, 0.4) is 0 Å². The van der Waals surface area contributed by atoms with Crippen molar-refractivity contribution in [2.45, 2.75) is 18.9 Å². The third-order valence-electron chi connectivity index (χ3n) is 2.21. The molecule has 14 heavy (non-hydrogen) atoms. The van der Waals surface area contributed by atoms with Crippen LogP contribution in [0.4, 0.5) is 0 Å². The zero-order valence-corrected chi connectivity index (χ0v) is 9.18. The van der Waals surface area contributed by atoms with Gasteiger partial charge in [0.25, 0.3) is 0 Å². The Hall–Kier alpha value is -0.620. The molecule has 0 aromatic carbocycles. The van der Waals surface area contributed by atoms with Gasteiger partial charge in [0.1, 0.15) is 11.9 Å². The van der Waals surface area contributed by atoms with Crippen molar-refractivity contribution in [3.8, 4) is 5.75 Å². The zero-order valence-electron chi connectivity index (χ0n) is 7.55. The van der Waals surface area contributed by atoms with Gasteiger partial charge in [0, 0.05) is 0 Å². The Morgan fingerprint density at radius 1 is 1.43 bits per heavy atom. The predicted molar refractivity (Wildman–Crippen MR) is 54.4 cm³/mol. The van der Waals surface area contributed by atoms with E-state index in [1.165, 1.54) is 11.5 Å². The minimum absolute atomic E-state index is 0.0370. The fourth-order valence-electron chi connectivity index (χ4n) is 1.43.